The van der Waals surface area contributed by atoms with Gasteiger partial charge in [-0.05, 0) is 64.1 Å². The highest BCUT2D eigenvalue weighted by Gasteiger charge is 2.37. The minimum atomic E-state index is -0.181. The van der Waals surface area contributed by atoms with Crippen LogP contribution in [-0.4, -0.2) is 21.1 Å². The number of furan rings is 2. The maximum absolute atomic E-state index is 6.69. The number of hydrogen-bond acceptors (Lipinski definition) is 6. The van der Waals surface area contributed by atoms with Gasteiger partial charge >= 0.3 is 0 Å². The first kappa shape index (κ1) is 33.8. The molecule has 61 heavy (non-hydrogen) atoms. The standard InChI is InChI=1S/C55H33N3O3/c1-2-11-32(12-3-1)33-23-25-35(26-24-33)53-56-54(58-55(57-53)43-19-8-17-40-39-15-6-7-20-45(39)60-52(40)43)42-18-10-21-47-50(42)44-31-36(28-30-46(44)59-47)37-16-9-22-48-49(37)41-29-27-34-13-4-5-14-38(34)51(41)61-48/h1-31,44,46H. The fraction of sp³-hybridized carbons (Fsp3) is 0.0364. The summed E-state index contributed by atoms with van der Waals surface area (Å²) in [6.45, 7) is 0. The van der Waals surface area contributed by atoms with Gasteiger partial charge in [0.15, 0.2) is 17.5 Å². The number of benzene rings is 8. The number of rotatable bonds is 5. The van der Waals surface area contributed by atoms with Crippen LogP contribution in [0.3, 0.4) is 0 Å². The van der Waals surface area contributed by atoms with Crippen molar-refractivity contribution in [2.45, 2.75) is 12.0 Å². The normalized spacial score (nSPS) is 15.7. The summed E-state index contributed by atoms with van der Waals surface area (Å²) < 4.78 is 19.8. The number of ether oxygens (including phenoxy) is 1. The van der Waals surface area contributed by atoms with E-state index in [9.17, 15) is 0 Å². The topological polar surface area (TPSA) is 74.2 Å². The Bertz CT molecular complexity index is 3640. The number of aromatic nitrogens is 3. The maximum Gasteiger partial charge on any atom is 0.167 e. The molecule has 1 aliphatic carbocycles. The highest BCUT2D eigenvalue weighted by atomic mass is 16.5. The molecule has 0 bridgehead atoms. The molecule has 11 aromatic rings. The third-order valence-electron chi connectivity index (χ3n) is 12.3. The summed E-state index contributed by atoms with van der Waals surface area (Å²) in [6.07, 6.45) is 6.53. The molecule has 1 aliphatic heterocycles. The van der Waals surface area contributed by atoms with E-state index >= 15 is 0 Å². The Morgan fingerprint density at radius 1 is 0.426 bits per heavy atom. The lowest BCUT2D eigenvalue weighted by atomic mass is 9.84. The molecular weight excluding hydrogens is 751 g/mol. The SMILES string of the molecule is C1=CC2Oc3cccc(-c4nc(-c5ccc(-c6ccccc6)cc5)nc(-c5cccc6c5oc5ccccc56)n4)c3C2C=C1c1cccc2oc3c4ccccc4ccc3c12. The van der Waals surface area contributed by atoms with Crippen LogP contribution in [0.4, 0.5) is 0 Å². The Kier molecular flexibility index (Phi) is 7.33. The van der Waals surface area contributed by atoms with Gasteiger partial charge in [-0.1, -0.05) is 152 Å². The van der Waals surface area contributed by atoms with Gasteiger partial charge in [0.2, 0.25) is 0 Å². The van der Waals surface area contributed by atoms with E-state index in [-0.39, 0.29) is 12.0 Å². The molecule has 2 aliphatic rings. The van der Waals surface area contributed by atoms with E-state index in [1.165, 1.54) is 0 Å². The molecule has 2 unspecified atom stereocenters. The van der Waals surface area contributed by atoms with Crippen molar-refractivity contribution in [1.29, 1.82) is 0 Å². The van der Waals surface area contributed by atoms with Crippen molar-refractivity contribution in [3.8, 4) is 51.0 Å². The third kappa shape index (κ3) is 5.32. The summed E-state index contributed by atoms with van der Waals surface area (Å²) in [5, 5.41) is 6.54. The van der Waals surface area contributed by atoms with Gasteiger partial charge in [-0.25, -0.2) is 15.0 Å². The van der Waals surface area contributed by atoms with Gasteiger partial charge < -0.3 is 13.6 Å². The highest BCUT2D eigenvalue weighted by molar-refractivity contribution is 6.18. The molecule has 0 saturated carbocycles. The van der Waals surface area contributed by atoms with Crippen molar-refractivity contribution >= 4 is 60.2 Å². The van der Waals surface area contributed by atoms with Crippen LogP contribution in [0.5, 0.6) is 5.75 Å². The molecule has 0 amide bonds. The second kappa shape index (κ2) is 13.2. The molecule has 13 rings (SSSR count). The third-order valence-corrected chi connectivity index (χ3v) is 12.3. The molecule has 0 N–H and O–H groups in total. The lowest BCUT2D eigenvalue weighted by Crippen LogP contribution is -2.17. The Morgan fingerprint density at radius 3 is 1.98 bits per heavy atom. The summed E-state index contributed by atoms with van der Waals surface area (Å²) in [5.74, 6) is 2.42. The molecule has 0 fully saturated rings. The average Bonchev–Trinajstić information content (AvgIpc) is 4.03. The molecule has 0 spiro atoms. The quantitative estimate of drug-likeness (QED) is 0.173. The van der Waals surface area contributed by atoms with Gasteiger partial charge in [-0.15, -0.1) is 0 Å². The second-order valence-corrected chi connectivity index (χ2v) is 15.8. The van der Waals surface area contributed by atoms with Crippen LogP contribution in [-0.2, 0) is 0 Å². The summed E-state index contributed by atoms with van der Waals surface area (Å²) in [7, 11) is 0. The zero-order valence-corrected chi connectivity index (χ0v) is 32.6. The van der Waals surface area contributed by atoms with Crippen LogP contribution in [0.2, 0.25) is 0 Å². The predicted molar refractivity (Wildman–Crippen MR) is 244 cm³/mol. The number of nitrogens with zero attached hydrogens (tertiary/aromatic N) is 3. The first-order chi connectivity index (χ1) is 30.2. The minimum Gasteiger partial charge on any atom is -0.485 e. The molecule has 2 atom stereocenters. The van der Waals surface area contributed by atoms with Crippen molar-refractivity contribution in [2.24, 2.45) is 0 Å². The van der Waals surface area contributed by atoms with E-state index in [1.807, 2.05) is 48.5 Å². The molecule has 6 nitrogen and oxygen atoms in total. The fourth-order valence-electron chi connectivity index (χ4n) is 9.44. The summed E-state index contributed by atoms with van der Waals surface area (Å²) >= 11 is 0. The van der Waals surface area contributed by atoms with Gasteiger partial charge in [-0.2, -0.15) is 0 Å². The molecule has 8 aromatic carbocycles. The number of allylic oxidation sites excluding steroid dienone is 2. The average molecular weight is 784 g/mol. The number of para-hydroxylation sites is 2. The van der Waals surface area contributed by atoms with Crippen LogP contribution in [0.15, 0.2) is 197 Å². The van der Waals surface area contributed by atoms with E-state index in [2.05, 4.69) is 140 Å². The molecular formula is C55H33N3O3. The Labute approximate surface area is 349 Å². The highest BCUT2D eigenvalue weighted by Crippen LogP contribution is 2.49. The Balaban J connectivity index is 0.977. The lowest BCUT2D eigenvalue weighted by Gasteiger charge is -2.20. The van der Waals surface area contributed by atoms with Crippen LogP contribution in [0, 0.1) is 0 Å². The zero-order chi connectivity index (χ0) is 40.0. The smallest absolute Gasteiger partial charge is 0.167 e. The van der Waals surface area contributed by atoms with Gasteiger partial charge in [0, 0.05) is 49.5 Å². The molecule has 0 radical (unpaired) electrons. The van der Waals surface area contributed by atoms with Gasteiger partial charge in [0.1, 0.15) is 34.2 Å². The van der Waals surface area contributed by atoms with Gasteiger partial charge in [-0.3, -0.25) is 0 Å². The van der Waals surface area contributed by atoms with Crippen molar-refractivity contribution in [3.05, 3.63) is 199 Å². The largest absolute Gasteiger partial charge is 0.485 e. The minimum absolute atomic E-state index is 0.0897. The summed E-state index contributed by atoms with van der Waals surface area (Å²) in [6, 6.07) is 58.4. The molecule has 6 heteroatoms. The van der Waals surface area contributed by atoms with E-state index in [0.717, 1.165) is 105 Å². The van der Waals surface area contributed by atoms with Gasteiger partial charge in [0.25, 0.3) is 0 Å². The van der Waals surface area contributed by atoms with Crippen molar-refractivity contribution in [3.63, 3.8) is 0 Å². The zero-order valence-electron chi connectivity index (χ0n) is 32.6. The molecule has 3 aromatic heterocycles. The molecule has 286 valence electrons. The molecule has 4 heterocycles. The lowest BCUT2D eigenvalue weighted by molar-refractivity contribution is 0.269. The van der Waals surface area contributed by atoms with E-state index in [4.69, 9.17) is 28.5 Å². The fourth-order valence-corrected chi connectivity index (χ4v) is 9.44. The number of fused-ring (bicyclic) bond motifs is 11. The summed E-state index contributed by atoms with van der Waals surface area (Å²) in [5.41, 5.74) is 11.5. The van der Waals surface area contributed by atoms with Crippen molar-refractivity contribution in [2.75, 3.05) is 0 Å². The van der Waals surface area contributed by atoms with Crippen LogP contribution in [0.25, 0.3) is 106 Å². The second-order valence-electron chi connectivity index (χ2n) is 15.8. The number of hydrogen-bond donors (Lipinski definition) is 0. The predicted octanol–water partition coefficient (Wildman–Crippen LogP) is 14.0. The van der Waals surface area contributed by atoms with Crippen LogP contribution < -0.4 is 4.74 Å². The Morgan fingerprint density at radius 2 is 1.08 bits per heavy atom. The van der Waals surface area contributed by atoms with E-state index in [1.54, 1.807) is 0 Å². The first-order valence-electron chi connectivity index (χ1n) is 20.6. The van der Waals surface area contributed by atoms with Crippen LogP contribution in [0.1, 0.15) is 17.0 Å². The monoisotopic (exact) mass is 783 g/mol. The van der Waals surface area contributed by atoms with Crippen molar-refractivity contribution in [1.82, 2.24) is 15.0 Å². The summed E-state index contributed by atoms with van der Waals surface area (Å²) in [4.78, 5) is 15.7. The van der Waals surface area contributed by atoms with Gasteiger partial charge in [0.05, 0.1) is 5.56 Å². The molecule has 0 saturated heterocycles. The first-order valence-corrected chi connectivity index (χ1v) is 20.6. The van der Waals surface area contributed by atoms with E-state index < -0.39 is 0 Å². The maximum atomic E-state index is 6.69. The van der Waals surface area contributed by atoms with E-state index in [0.29, 0.717) is 17.5 Å². The Hall–Kier alpha value is -8.09. The van der Waals surface area contributed by atoms with Crippen molar-refractivity contribution < 1.29 is 13.6 Å². The van der Waals surface area contributed by atoms with Crippen LogP contribution >= 0.6 is 0 Å².